The second-order valence-electron chi connectivity index (χ2n) is 6.62. The Morgan fingerprint density at radius 1 is 1.12 bits per heavy atom. The lowest BCUT2D eigenvalue weighted by Gasteiger charge is -2.16. The molecule has 1 saturated carbocycles. The third kappa shape index (κ3) is 3.29. The summed E-state index contributed by atoms with van der Waals surface area (Å²) in [5, 5.41) is 4.04. The van der Waals surface area contributed by atoms with E-state index in [4.69, 9.17) is 9.26 Å². The Bertz CT molecular complexity index is 935. The van der Waals surface area contributed by atoms with E-state index in [0.29, 0.717) is 17.4 Å². The van der Waals surface area contributed by atoms with Gasteiger partial charge < -0.3 is 9.26 Å². The van der Waals surface area contributed by atoms with Gasteiger partial charge in [-0.05, 0) is 39.2 Å². The van der Waals surface area contributed by atoms with Gasteiger partial charge in [0, 0.05) is 17.0 Å². The zero-order chi connectivity index (χ0) is 18.3. The highest BCUT2D eigenvalue weighted by molar-refractivity contribution is 5.55. The standard InChI is InChI=1S/C19H19FN4O2/c1-10-11(2)21-19(20)23-17(10)25-12(3)13-4-6-14(7-5-13)16-22-18(26-24-16)15-8-9-15/h4-7,12,15H,8-9H2,1-3H3/t12-/m0/s1. The Balaban J connectivity index is 1.50. The number of aryl methyl sites for hydroxylation is 1. The molecule has 2 heterocycles. The van der Waals surface area contributed by atoms with Crippen LogP contribution < -0.4 is 4.74 Å². The normalized spacial score (nSPS) is 15.1. The number of rotatable bonds is 5. The summed E-state index contributed by atoms with van der Waals surface area (Å²) < 4.78 is 24.6. The first-order chi connectivity index (χ1) is 12.5. The largest absolute Gasteiger partial charge is 0.469 e. The molecule has 0 aliphatic heterocycles. The van der Waals surface area contributed by atoms with E-state index in [-0.39, 0.29) is 12.0 Å². The topological polar surface area (TPSA) is 73.9 Å². The molecule has 0 radical (unpaired) electrons. The van der Waals surface area contributed by atoms with Crippen molar-refractivity contribution in [2.75, 3.05) is 0 Å². The highest BCUT2D eigenvalue weighted by atomic mass is 19.1. The summed E-state index contributed by atoms with van der Waals surface area (Å²) in [6, 6.07) is 7.73. The molecule has 0 bridgehead atoms. The molecule has 0 amide bonds. The summed E-state index contributed by atoms with van der Waals surface area (Å²) in [4.78, 5) is 11.9. The van der Waals surface area contributed by atoms with Crippen molar-refractivity contribution in [2.45, 2.75) is 45.6 Å². The SMILES string of the molecule is Cc1nc(F)nc(O[C@@H](C)c2ccc(-c3noc(C4CC4)n3)cc2)c1C. The van der Waals surface area contributed by atoms with E-state index in [0.717, 1.165) is 35.4 Å². The number of benzene rings is 1. The predicted molar refractivity (Wildman–Crippen MR) is 92.2 cm³/mol. The lowest BCUT2D eigenvalue weighted by molar-refractivity contribution is 0.211. The molecule has 1 aromatic carbocycles. The van der Waals surface area contributed by atoms with Crippen LogP contribution in [-0.4, -0.2) is 20.1 Å². The molecule has 1 aliphatic rings. The molecular weight excluding hydrogens is 335 g/mol. The fraction of sp³-hybridized carbons (Fsp3) is 0.368. The van der Waals surface area contributed by atoms with E-state index in [1.54, 1.807) is 6.92 Å². The van der Waals surface area contributed by atoms with Gasteiger partial charge in [0.15, 0.2) is 0 Å². The van der Waals surface area contributed by atoms with E-state index in [1.807, 2.05) is 38.1 Å². The number of hydrogen-bond donors (Lipinski definition) is 0. The van der Waals surface area contributed by atoms with Crippen LogP contribution in [0.5, 0.6) is 5.88 Å². The summed E-state index contributed by atoms with van der Waals surface area (Å²) in [6.07, 6.45) is 1.17. The van der Waals surface area contributed by atoms with Crippen LogP contribution in [0.4, 0.5) is 4.39 Å². The van der Waals surface area contributed by atoms with Crippen LogP contribution in [0.15, 0.2) is 28.8 Å². The maximum Gasteiger partial charge on any atom is 0.312 e. The number of nitrogens with zero attached hydrogens (tertiary/aromatic N) is 4. The average molecular weight is 354 g/mol. The predicted octanol–water partition coefficient (Wildman–Crippen LogP) is 4.30. The molecule has 2 aromatic heterocycles. The fourth-order valence-corrected chi connectivity index (χ4v) is 2.67. The Morgan fingerprint density at radius 2 is 1.85 bits per heavy atom. The minimum absolute atomic E-state index is 0.263. The monoisotopic (exact) mass is 354 g/mol. The van der Waals surface area contributed by atoms with Crippen molar-refractivity contribution >= 4 is 0 Å². The molecular formula is C19H19FN4O2. The molecule has 134 valence electrons. The molecule has 3 aromatic rings. The van der Waals surface area contributed by atoms with Gasteiger partial charge >= 0.3 is 6.08 Å². The fourth-order valence-electron chi connectivity index (χ4n) is 2.67. The van der Waals surface area contributed by atoms with Crippen LogP contribution in [0.3, 0.4) is 0 Å². The smallest absolute Gasteiger partial charge is 0.312 e. The van der Waals surface area contributed by atoms with Gasteiger partial charge in [0.05, 0.1) is 5.69 Å². The van der Waals surface area contributed by atoms with Crippen LogP contribution in [0, 0.1) is 19.9 Å². The van der Waals surface area contributed by atoms with Crippen LogP contribution in [0.1, 0.15) is 54.5 Å². The van der Waals surface area contributed by atoms with Gasteiger partial charge in [0.1, 0.15) is 6.10 Å². The minimum atomic E-state index is -0.783. The zero-order valence-electron chi connectivity index (χ0n) is 14.9. The maximum absolute atomic E-state index is 13.4. The van der Waals surface area contributed by atoms with Crippen LogP contribution in [0.25, 0.3) is 11.4 Å². The van der Waals surface area contributed by atoms with E-state index in [9.17, 15) is 4.39 Å². The van der Waals surface area contributed by atoms with Crippen molar-refractivity contribution in [3.8, 4) is 17.3 Å². The Morgan fingerprint density at radius 3 is 2.54 bits per heavy atom. The Hall–Kier alpha value is -2.83. The second kappa shape index (κ2) is 6.48. The van der Waals surface area contributed by atoms with Gasteiger partial charge in [-0.3, -0.25) is 0 Å². The molecule has 0 spiro atoms. The minimum Gasteiger partial charge on any atom is -0.469 e. The Labute approximate surface area is 150 Å². The maximum atomic E-state index is 13.4. The molecule has 0 saturated heterocycles. The van der Waals surface area contributed by atoms with E-state index >= 15 is 0 Å². The summed E-state index contributed by atoms with van der Waals surface area (Å²) >= 11 is 0. The van der Waals surface area contributed by atoms with Gasteiger partial charge in [-0.15, -0.1) is 0 Å². The van der Waals surface area contributed by atoms with Crippen molar-refractivity contribution in [2.24, 2.45) is 0 Å². The van der Waals surface area contributed by atoms with E-state index < -0.39 is 6.08 Å². The molecule has 0 unspecified atom stereocenters. The number of aromatic nitrogens is 4. The lowest BCUT2D eigenvalue weighted by Crippen LogP contribution is -2.08. The Kier molecular flexibility index (Phi) is 4.14. The lowest BCUT2D eigenvalue weighted by atomic mass is 10.1. The van der Waals surface area contributed by atoms with Crippen LogP contribution >= 0.6 is 0 Å². The van der Waals surface area contributed by atoms with Gasteiger partial charge in [0.25, 0.3) is 0 Å². The first kappa shape index (κ1) is 16.6. The summed E-state index contributed by atoms with van der Waals surface area (Å²) in [7, 11) is 0. The zero-order valence-corrected chi connectivity index (χ0v) is 14.9. The van der Waals surface area contributed by atoms with Crippen LogP contribution in [-0.2, 0) is 0 Å². The molecule has 1 atom stereocenters. The third-order valence-electron chi connectivity index (χ3n) is 4.61. The summed E-state index contributed by atoms with van der Waals surface area (Å²) in [5.41, 5.74) is 3.13. The van der Waals surface area contributed by atoms with Gasteiger partial charge in [0.2, 0.25) is 17.6 Å². The number of ether oxygens (including phenoxy) is 1. The number of halogens is 1. The van der Waals surface area contributed by atoms with E-state index in [1.165, 1.54) is 0 Å². The molecule has 4 rings (SSSR count). The quantitative estimate of drug-likeness (QED) is 0.636. The van der Waals surface area contributed by atoms with Crippen molar-refractivity contribution in [3.05, 3.63) is 53.1 Å². The molecule has 0 N–H and O–H groups in total. The van der Waals surface area contributed by atoms with Crippen molar-refractivity contribution in [1.29, 1.82) is 0 Å². The first-order valence-corrected chi connectivity index (χ1v) is 8.62. The molecule has 1 fully saturated rings. The highest BCUT2D eigenvalue weighted by Crippen LogP contribution is 2.39. The van der Waals surface area contributed by atoms with Gasteiger partial charge in [-0.2, -0.15) is 14.4 Å². The van der Waals surface area contributed by atoms with Crippen molar-refractivity contribution in [1.82, 2.24) is 20.1 Å². The van der Waals surface area contributed by atoms with Crippen molar-refractivity contribution in [3.63, 3.8) is 0 Å². The van der Waals surface area contributed by atoms with Crippen LogP contribution in [0.2, 0.25) is 0 Å². The first-order valence-electron chi connectivity index (χ1n) is 8.62. The van der Waals surface area contributed by atoms with Crippen molar-refractivity contribution < 1.29 is 13.7 Å². The second-order valence-corrected chi connectivity index (χ2v) is 6.62. The molecule has 1 aliphatic carbocycles. The van der Waals surface area contributed by atoms with Gasteiger partial charge in [-0.1, -0.05) is 29.4 Å². The van der Waals surface area contributed by atoms with Gasteiger partial charge in [-0.25, -0.2) is 4.98 Å². The molecule has 6 nitrogen and oxygen atoms in total. The molecule has 26 heavy (non-hydrogen) atoms. The van der Waals surface area contributed by atoms with E-state index in [2.05, 4.69) is 20.1 Å². The number of hydrogen-bond acceptors (Lipinski definition) is 6. The molecule has 7 heteroatoms. The highest BCUT2D eigenvalue weighted by Gasteiger charge is 2.29. The average Bonchev–Trinajstić information content (AvgIpc) is 3.36. The summed E-state index contributed by atoms with van der Waals surface area (Å²) in [5.74, 6) is 2.01. The third-order valence-corrected chi connectivity index (χ3v) is 4.61. The summed E-state index contributed by atoms with van der Waals surface area (Å²) in [6.45, 7) is 5.43.